The van der Waals surface area contributed by atoms with Crippen LogP contribution in [0.25, 0.3) is 0 Å². The first kappa shape index (κ1) is 16.8. The number of nitrogens with zero attached hydrogens (tertiary/aromatic N) is 2. The Hall–Kier alpha value is -1.69. The molecule has 1 aromatic heterocycles. The summed E-state index contributed by atoms with van der Waals surface area (Å²) in [5.41, 5.74) is 0. The fourth-order valence-corrected chi connectivity index (χ4v) is 3.99. The average Bonchev–Trinajstić information content (AvgIpc) is 2.83. The van der Waals surface area contributed by atoms with Gasteiger partial charge < -0.3 is 19.0 Å². The molecule has 2 aromatic rings. The lowest BCUT2D eigenvalue weighted by molar-refractivity contribution is 0.0647. The number of benzene rings is 1. The summed E-state index contributed by atoms with van der Waals surface area (Å²) in [5.74, 6) is 0.924. The summed E-state index contributed by atoms with van der Waals surface area (Å²) in [6.45, 7) is 3.80. The van der Waals surface area contributed by atoms with Crippen LogP contribution in [0, 0.1) is 0 Å². The molecule has 0 unspecified atom stereocenters. The molecule has 0 saturated carbocycles. The number of furan rings is 1. The van der Waals surface area contributed by atoms with Crippen LogP contribution in [0.4, 0.5) is 0 Å². The molecule has 2 bridgehead atoms. The van der Waals surface area contributed by atoms with Gasteiger partial charge in [0.1, 0.15) is 5.75 Å². The van der Waals surface area contributed by atoms with E-state index in [0.717, 1.165) is 39.0 Å². The van der Waals surface area contributed by atoms with Crippen LogP contribution in [-0.2, 0) is 0 Å². The average molecular weight is 381 g/mol. The minimum Gasteiger partial charge on any atom is -0.426 e. The molecule has 4 heterocycles. The van der Waals surface area contributed by atoms with E-state index in [0.29, 0.717) is 27.6 Å². The van der Waals surface area contributed by atoms with Gasteiger partial charge in [-0.2, -0.15) is 0 Å². The third-order valence-electron chi connectivity index (χ3n) is 4.76. The minimum atomic E-state index is -0.0762. The molecule has 3 aliphatic heterocycles. The lowest BCUT2D eigenvalue weighted by Crippen LogP contribution is -2.41. The van der Waals surface area contributed by atoms with Crippen molar-refractivity contribution in [2.45, 2.75) is 18.9 Å². The van der Waals surface area contributed by atoms with E-state index in [4.69, 9.17) is 32.4 Å². The highest BCUT2D eigenvalue weighted by Gasteiger charge is 2.33. The first-order valence-corrected chi connectivity index (χ1v) is 9.11. The third-order valence-corrected chi connectivity index (χ3v) is 5.20. The van der Waals surface area contributed by atoms with E-state index in [1.807, 2.05) is 4.90 Å². The first-order chi connectivity index (χ1) is 12.1. The summed E-state index contributed by atoms with van der Waals surface area (Å²) in [7, 11) is 0. The maximum Gasteiger partial charge on any atom is 0.290 e. The monoisotopic (exact) mass is 380 g/mol. The molecule has 0 N–H and O–H groups in total. The molecule has 3 fully saturated rings. The molecule has 1 amide bonds. The molecule has 25 heavy (non-hydrogen) atoms. The van der Waals surface area contributed by atoms with Gasteiger partial charge in [-0.15, -0.1) is 0 Å². The van der Waals surface area contributed by atoms with E-state index in [1.165, 1.54) is 0 Å². The fourth-order valence-electron chi connectivity index (χ4n) is 3.49. The van der Waals surface area contributed by atoms with Gasteiger partial charge in [-0.3, -0.25) is 4.79 Å². The Morgan fingerprint density at radius 1 is 1.04 bits per heavy atom. The Labute approximate surface area is 156 Å². The number of halogens is 2. The van der Waals surface area contributed by atoms with E-state index < -0.39 is 0 Å². The van der Waals surface area contributed by atoms with Crippen molar-refractivity contribution in [3.8, 4) is 11.7 Å². The number of amides is 1. The summed E-state index contributed by atoms with van der Waals surface area (Å²) < 4.78 is 11.2. The van der Waals surface area contributed by atoms with Crippen LogP contribution in [0.1, 0.15) is 23.4 Å². The molecule has 1 aromatic carbocycles. The Morgan fingerprint density at radius 2 is 1.76 bits per heavy atom. The zero-order valence-electron chi connectivity index (χ0n) is 13.6. The number of piperidine rings is 1. The Balaban J connectivity index is 1.49. The molecule has 3 saturated heterocycles. The van der Waals surface area contributed by atoms with Crippen LogP contribution >= 0.6 is 23.2 Å². The van der Waals surface area contributed by atoms with Gasteiger partial charge in [0.05, 0.1) is 0 Å². The standard InChI is InChI=1S/C18H18Cl2N2O3/c19-12-9-13(20)11-15(10-12)24-17-2-1-16(25-17)18(23)22-8-7-21-5-3-14(22)4-6-21/h1-2,9-11,14H,3-8H2. The van der Waals surface area contributed by atoms with E-state index in [1.54, 1.807) is 30.3 Å². The molecule has 7 heteroatoms. The summed E-state index contributed by atoms with van der Waals surface area (Å²) in [6, 6.07) is 8.49. The normalized spacial score (nSPS) is 22.7. The Bertz CT molecular complexity index is 764. The molecule has 0 radical (unpaired) electrons. The molecular weight excluding hydrogens is 363 g/mol. The van der Waals surface area contributed by atoms with Crippen LogP contribution in [0.5, 0.6) is 11.7 Å². The van der Waals surface area contributed by atoms with Gasteiger partial charge in [-0.05, 0) is 37.1 Å². The van der Waals surface area contributed by atoms with Gasteiger partial charge in [0.2, 0.25) is 0 Å². The Kier molecular flexibility index (Phi) is 4.63. The summed E-state index contributed by atoms with van der Waals surface area (Å²) in [6.07, 6.45) is 2.05. The molecule has 0 aliphatic carbocycles. The van der Waals surface area contributed by atoms with Gasteiger partial charge in [-0.25, -0.2) is 0 Å². The number of rotatable bonds is 3. The number of ether oxygens (including phenoxy) is 1. The third kappa shape index (κ3) is 3.64. The second-order valence-corrected chi connectivity index (χ2v) is 7.27. The maximum absolute atomic E-state index is 12.8. The highest BCUT2D eigenvalue weighted by Crippen LogP contribution is 2.30. The smallest absolute Gasteiger partial charge is 0.290 e. The molecule has 5 rings (SSSR count). The molecule has 132 valence electrons. The molecule has 0 atom stereocenters. The summed E-state index contributed by atoms with van der Waals surface area (Å²) >= 11 is 11.9. The molecule has 3 aliphatic rings. The van der Waals surface area contributed by atoms with Crippen molar-refractivity contribution in [1.82, 2.24) is 9.80 Å². The lowest BCUT2D eigenvalue weighted by atomic mass is 10.1. The van der Waals surface area contributed by atoms with Crippen molar-refractivity contribution in [2.24, 2.45) is 0 Å². The van der Waals surface area contributed by atoms with Crippen molar-refractivity contribution in [3.05, 3.63) is 46.1 Å². The minimum absolute atomic E-state index is 0.0762. The van der Waals surface area contributed by atoms with Crippen LogP contribution in [0.15, 0.2) is 34.7 Å². The number of fused-ring (bicyclic) bond motifs is 4. The highest BCUT2D eigenvalue weighted by molar-refractivity contribution is 6.34. The summed E-state index contributed by atoms with van der Waals surface area (Å²) in [5, 5.41) is 0.946. The van der Waals surface area contributed by atoms with E-state index in [9.17, 15) is 4.79 Å². The lowest BCUT2D eigenvalue weighted by Gasteiger charge is -2.30. The number of carbonyl (C=O) groups is 1. The van der Waals surface area contributed by atoms with Gasteiger partial charge >= 0.3 is 0 Å². The van der Waals surface area contributed by atoms with Crippen LogP contribution < -0.4 is 4.74 Å². The molecular formula is C18H18Cl2N2O3. The van der Waals surface area contributed by atoms with E-state index in [2.05, 4.69) is 4.90 Å². The number of carbonyl (C=O) groups excluding carboxylic acids is 1. The van der Waals surface area contributed by atoms with Crippen LogP contribution in [0.3, 0.4) is 0 Å². The second-order valence-electron chi connectivity index (χ2n) is 6.40. The molecule has 0 spiro atoms. The number of hydrogen-bond donors (Lipinski definition) is 0. The zero-order chi connectivity index (χ0) is 17.4. The maximum atomic E-state index is 12.8. The fraction of sp³-hybridized carbons (Fsp3) is 0.389. The van der Waals surface area contributed by atoms with Crippen molar-refractivity contribution < 1.29 is 13.9 Å². The van der Waals surface area contributed by atoms with Gasteiger partial charge in [-0.1, -0.05) is 23.2 Å². The predicted molar refractivity (Wildman–Crippen MR) is 95.7 cm³/mol. The highest BCUT2D eigenvalue weighted by atomic mass is 35.5. The van der Waals surface area contributed by atoms with Crippen molar-refractivity contribution >= 4 is 29.1 Å². The Morgan fingerprint density at radius 3 is 2.48 bits per heavy atom. The zero-order valence-corrected chi connectivity index (χ0v) is 15.1. The van der Waals surface area contributed by atoms with E-state index in [-0.39, 0.29) is 11.9 Å². The van der Waals surface area contributed by atoms with E-state index >= 15 is 0 Å². The van der Waals surface area contributed by atoms with Crippen molar-refractivity contribution in [2.75, 3.05) is 26.2 Å². The molecule has 5 nitrogen and oxygen atoms in total. The predicted octanol–water partition coefficient (Wildman–Crippen LogP) is 4.30. The quantitative estimate of drug-likeness (QED) is 0.796. The SMILES string of the molecule is O=C(c1ccc(Oc2cc(Cl)cc(Cl)c2)o1)N1CCN2CCC1CC2. The number of hydrogen-bond acceptors (Lipinski definition) is 4. The topological polar surface area (TPSA) is 45.9 Å². The van der Waals surface area contributed by atoms with Gasteiger partial charge in [0.25, 0.3) is 11.9 Å². The second kappa shape index (κ2) is 6.90. The largest absolute Gasteiger partial charge is 0.426 e. The van der Waals surface area contributed by atoms with Crippen molar-refractivity contribution in [1.29, 1.82) is 0 Å². The van der Waals surface area contributed by atoms with Crippen molar-refractivity contribution in [3.63, 3.8) is 0 Å². The first-order valence-electron chi connectivity index (χ1n) is 8.35. The summed E-state index contributed by atoms with van der Waals surface area (Å²) in [4.78, 5) is 17.2. The van der Waals surface area contributed by atoms with Gasteiger partial charge in [0, 0.05) is 48.3 Å². The van der Waals surface area contributed by atoms with Crippen LogP contribution in [-0.4, -0.2) is 47.9 Å². The van der Waals surface area contributed by atoms with Crippen LogP contribution in [0.2, 0.25) is 10.0 Å². The van der Waals surface area contributed by atoms with Gasteiger partial charge in [0.15, 0.2) is 5.76 Å².